The Morgan fingerprint density at radius 1 is 0.919 bits per heavy atom. The normalized spacial score (nSPS) is 12.2. The van der Waals surface area contributed by atoms with Crippen molar-refractivity contribution in [1.82, 2.24) is 9.97 Å². The van der Waals surface area contributed by atoms with Gasteiger partial charge in [0.1, 0.15) is 0 Å². The van der Waals surface area contributed by atoms with E-state index in [9.17, 15) is 9.90 Å². The van der Waals surface area contributed by atoms with E-state index in [0.717, 1.165) is 60.1 Å². The first kappa shape index (κ1) is 28.7. The largest absolute Gasteiger partial charge is 0.512 e. The molecule has 0 aliphatic heterocycles. The number of benzene rings is 3. The van der Waals surface area contributed by atoms with Crippen molar-refractivity contribution in [3.8, 4) is 11.3 Å². The maximum Gasteiger partial charge on any atom is 0.162 e. The quantitative estimate of drug-likeness (QED) is 0.108. The van der Waals surface area contributed by atoms with Crippen LogP contribution in [-0.2, 0) is 31.3 Å². The zero-order valence-corrected chi connectivity index (χ0v) is 24.4. The van der Waals surface area contributed by atoms with Crippen LogP contribution in [0.4, 0.5) is 0 Å². The van der Waals surface area contributed by atoms with Crippen LogP contribution in [0.25, 0.3) is 33.1 Å². The number of aliphatic hydroxyl groups excluding tert-OH is 1. The first-order valence-corrected chi connectivity index (χ1v) is 13.1. The van der Waals surface area contributed by atoms with E-state index in [0.29, 0.717) is 0 Å². The summed E-state index contributed by atoms with van der Waals surface area (Å²) in [5.74, 6) is 0.547. The van der Waals surface area contributed by atoms with Gasteiger partial charge in [0.25, 0.3) is 0 Å². The number of hydrogen-bond acceptors (Lipinski definition) is 4. The first-order valence-electron chi connectivity index (χ1n) is 13.1. The molecule has 3 aromatic carbocycles. The van der Waals surface area contributed by atoms with Crippen molar-refractivity contribution in [1.29, 1.82) is 0 Å². The molecular weight excluding hydrogens is 637 g/mol. The number of aliphatic hydroxyl groups is 1. The second-order valence-electron chi connectivity index (χ2n) is 9.42. The molecule has 1 aliphatic rings. The molecule has 0 saturated heterocycles. The standard InChI is InChI=1S/C19H11N2.C13H24O2.Ir/c1-2-10-16-15(9-1)20-17-11-13-7-3-5-12-6-4-8-14(18(12)13)19(17)21-16;1-5-10(6-2)12(14)9-13(15)11(7-3)8-4;/h1-7,9-10H,11H2;9-11,14H,5-8H2,1-4H3;/q-1;;/b;12-9-;. The van der Waals surface area contributed by atoms with E-state index in [4.69, 9.17) is 9.97 Å². The van der Waals surface area contributed by atoms with Crippen LogP contribution in [0.5, 0.6) is 0 Å². The van der Waals surface area contributed by atoms with E-state index in [-0.39, 0.29) is 43.5 Å². The number of aromatic nitrogens is 2. The molecule has 0 atom stereocenters. The van der Waals surface area contributed by atoms with Gasteiger partial charge in [0, 0.05) is 49.4 Å². The van der Waals surface area contributed by atoms with Crippen molar-refractivity contribution in [3.05, 3.63) is 83.8 Å². The fraction of sp³-hybridized carbons (Fsp3) is 0.344. The number of para-hydroxylation sites is 2. The second-order valence-corrected chi connectivity index (χ2v) is 9.42. The molecule has 0 unspecified atom stereocenters. The molecule has 0 saturated carbocycles. The van der Waals surface area contributed by atoms with Crippen LogP contribution in [0.2, 0.25) is 0 Å². The van der Waals surface area contributed by atoms with Gasteiger partial charge in [0.2, 0.25) is 0 Å². The monoisotopic (exact) mass is 672 g/mol. The number of carbonyl (C=O) groups excluding carboxylic acids is 1. The smallest absolute Gasteiger partial charge is 0.162 e. The Morgan fingerprint density at radius 3 is 2.22 bits per heavy atom. The predicted octanol–water partition coefficient (Wildman–Crippen LogP) is 8.02. The number of fused-ring (bicyclic) bond motifs is 3. The Hall–Kier alpha value is -2.88. The average molecular weight is 672 g/mol. The molecule has 37 heavy (non-hydrogen) atoms. The summed E-state index contributed by atoms with van der Waals surface area (Å²) in [7, 11) is 0. The van der Waals surface area contributed by atoms with Crippen LogP contribution in [-0.4, -0.2) is 20.9 Å². The molecule has 0 bridgehead atoms. The maximum atomic E-state index is 11.7. The van der Waals surface area contributed by atoms with Gasteiger partial charge in [-0.05, 0) is 44.2 Å². The molecule has 1 aliphatic carbocycles. The van der Waals surface area contributed by atoms with Gasteiger partial charge < -0.3 is 5.11 Å². The SMILES string of the molecule is CCC(CC)C(=O)/C=C(\O)C(CC)CC.[Ir].[c-]1ccc2cccc3c2c1-c1nc2ccccc2nc1C3. The van der Waals surface area contributed by atoms with Crippen molar-refractivity contribution >= 4 is 27.6 Å². The Balaban J connectivity index is 0.000000214. The van der Waals surface area contributed by atoms with Crippen molar-refractivity contribution in [2.45, 2.75) is 59.8 Å². The topological polar surface area (TPSA) is 63.1 Å². The third kappa shape index (κ3) is 6.17. The first-order chi connectivity index (χ1) is 17.5. The summed E-state index contributed by atoms with van der Waals surface area (Å²) in [6.07, 6.45) is 5.75. The van der Waals surface area contributed by atoms with Crippen LogP contribution in [0.3, 0.4) is 0 Å². The zero-order chi connectivity index (χ0) is 25.7. The molecule has 0 fully saturated rings. The van der Waals surface area contributed by atoms with Crippen LogP contribution < -0.4 is 0 Å². The Kier molecular flexibility index (Phi) is 10.1. The summed E-state index contributed by atoms with van der Waals surface area (Å²) >= 11 is 0. The van der Waals surface area contributed by atoms with Gasteiger partial charge in [-0.2, -0.15) is 0 Å². The molecule has 4 nitrogen and oxygen atoms in total. The van der Waals surface area contributed by atoms with E-state index in [1.807, 2.05) is 58.0 Å². The Morgan fingerprint density at radius 2 is 1.57 bits per heavy atom. The summed E-state index contributed by atoms with van der Waals surface area (Å²) < 4.78 is 0. The van der Waals surface area contributed by atoms with Crippen molar-refractivity contribution in [3.63, 3.8) is 0 Å². The van der Waals surface area contributed by atoms with Crippen LogP contribution in [0.15, 0.2) is 66.4 Å². The minimum absolute atomic E-state index is 0. The third-order valence-electron chi connectivity index (χ3n) is 7.24. The minimum Gasteiger partial charge on any atom is -0.512 e. The third-order valence-corrected chi connectivity index (χ3v) is 7.24. The van der Waals surface area contributed by atoms with Crippen molar-refractivity contribution < 1.29 is 30.0 Å². The van der Waals surface area contributed by atoms with Gasteiger partial charge in [0.15, 0.2) is 5.78 Å². The van der Waals surface area contributed by atoms with Gasteiger partial charge in [0.05, 0.1) is 16.8 Å². The fourth-order valence-corrected chi connectivity index (χ4v) is 5.00. The maximum absolute atomic E-state index is 11.7. The van der Waals surface area contributed by atoms with Crippen molar-refractivity contribution in [2.75, 3.05) is 0 Å². The van der Waals surface area contributed by atoms with Crippen molar-refractivity contribution in [2.24, 2.45) is 11.8 Å². The molecular formula is C32H35IrN2O2-. The summed E-state index contributed by atoms with van der Waals surface area (Å²) in [5, 5.41) is 12.3. The molecule has 4 aromatic rings. The number of hydrogen-bond donors (Lipinski definition) is 1. The number of nitrogens with zero attached hydrogens (tertiary/aromatic N) is 2. The van der Waals surface area contributed by atoms with E-state index in [1.54, 1.807) is 0 Å². The van der Waals surface area contributed by atoms with Gasteiger partial charge in [-0.15, -0.1) is 29.1 Å². The van der Waals surface area contributed by atoms with E-state index in [1.165, 1.54) is 22.4 Å². The number of allylic oxidation sites excluding steroid dienone is 2. The van der Waals surface area contributed by atoms with E-state index in [2.05, 4.69) is 30.3 Å². The molecule has 195 valence electrons. The molecule has 0 spiro atoms. The van der Waals surface area contributed by atoms with Crippen LogP contribution in [0.1, 0.15) is 64.6 Å². The van der Waals surface area contributed by atoms with Crippen LogP contribution in [0, 0.1) is 17.9 Å². The summed E-state index contributed by atoms with van der Waals surface area (Å²) in [4.78, 5) is 21.4. The molecule has 1 heterocycles. The zero-order valence-electron chi connectivity index (χ0n) is 22.0. The Bertz CT molecular complexity index is 1400. The molecule has 1 radical (unpaired) electrons. The molecule has 1 N–H and O–H groups in total. The molecule has 1 aromatic heterocycles. The van der Waals surface area contributed by atoms with Crippen LogP contribution >= 0.6 is 0 Å². The summed E-state index contributed by atoms with van der Waals surface area (Å²) in [6, 6.07) is 22.0. The van der Waals surface area contributed by atoms with Gasteiger partial charge >= 0.3 is 0 Å². The minimum atomic E-state index is 0. The Labute approximate surface area is 233 Å². The number of rotatable bonds is 7. The average Bonchev–Trinajstić information content (AvgIpc) is 2.90. The number of ketones is 1. The fourth-order valence-electron chi connectivity index (χ4n) is 5.00. The molecule has 5 heteroatoms. The number of carbonyl (C=O) groups is 1. The molecule has 5 rings (SSSR count). The van der Waals surface area contributed by atoms with Gasteiger partial charge in [-0.1, -0.05) is 69.0 Å². The summed E-state index contributed by atoms with van der Waals surface area (Å²) in [5.41, 5.74) is 6.34. The van der Waals surface area contributed by atoms with Gasteiger partial charge in [-0.3, -0.25) is 14.8 Å². The summed E-state index contributed by atoms with van der Waals surface area (Å²) in [6.45, 7) is 8.07. The van der Waals surface area contributed by atoms with Gasteiger partial charge in [-0.25, -0.2) is 0 Å². The molecule has 0 amide bonds. The van der Waals surface area contributed by atoms with E-state index < -0.39 is 0 Å². The predicted molar refractivity (Wildman–Crippen MR) is 148 cm³/mol. The second kappa shape index (κ2) is 13.1. The van der Waals surface area contributed by atoms with E-state index >= 15 is 0 Å².